The lowest BCUT2D eigenvalue weighted by Gasteiger charge is -2.26. The maximum absolute atomic E-state index is 3.35. The molecule has 0 radical (unpaired) electrons. The van der Waals surface area contributed by atoms with Crippen LogP contribution in [0.4, 0.5) is 5.69 Å². The number of hydrogen-bond donors (Lipinski definition) is 2. The fourth-order valence-corrected chi connectivity index (χ4v) is 2.79. The van der Waals surface area contributed by atoms with Gasteiger partial charge in [-0.1, -0.05) is 36.4 Å². The number of hydrazine groups is 1. The second kappa shape index (κ2) is 4.46. The first kappa shape index (κ1) is 11.2. The molecule has 3 heteroatoms. The Kier molecular flexibility index (Phi) is 2.49. The first-order chi connectivity index (χ1) is 9.93. The number of nitrogens with zero attached hydrogens (tertiary/aromatic N) is 1. The van der Waals surface area contributed by atoms with Gasteiger partial charge in [0.1, 0.15) is 0 Å². The molecule has 20 heavy (non-hydrogen) atoms. The van der Waals surface area contributed by atoms with Gasteiger partial charge in [-0.2, -0.15) is 0 Å². The third-order valence-electron chi connectivity index (χ3n) is 3.74. The summed E-state index contributed by atoms with van der Waals surface area (Å²) >= 11 is 0. The van der Waals surface area contributed by atoms with Crippen molar-refractivity contribution in [1.82, 2.24) is 10.4 Å². The Morgan fingerprint density at radius 1 is 0.900 bits per heavy atom. The van der Waals surface area contributed by atoms with Gasteiger partial charge in [-0.25, -0.2) is 0 Å². The zero-order valence-corrected chi connectivity index (χ0v) is 11.0. The van der Waals surface area contributed by atoms with Crippen molar-refractivity contribution in [3.05, 3.63) is 78.6 Å². The molecule has 0 aliphatic carbocycles. The van der Waals surface area contributed by atoms with Crippen LogP contribution in [0.2, 0.25) is 0 Å². The summed E-state index contributed by atoms with van der Waals surface area (Å²) in [5, 5.41) is 3.45. The minimum absolute atomic E-state index is 0.202. The minimum atomic E-state index is 0.202. The highest BCUT2D eigenvalue weighted by Crippen LogP contribution is 2.33. The highest BCUT2D eigenvalue weighted by molar-refractivity contribution is 5.84. The van der Waals surface area contributed by atoms with E-state index in [1.807, 2.05) is 12.3 Å². The Labute approximate surface area is 117 Å². The van der Waals surface area contributed by atoms with Gasteiger partial charge < -0.3 is 10.4 Å². The molecule has 3 nitrogen and oxygen atoms in total. The minimum Gasteiger partial charge on any atom is -0.361 e. The van der Waals surface area contributed by atoms with Gasteiger partial charge in [0.05, 0.1) is 11.7 Å². The summed E-state index contributed by atoms with van der Waals surface area (Å²) in [5.74, 6) is 0. The number of aromatic amines is 1. The summed E-state index contributed by atoms with van der Waals surface area (Å²) < 4.78 is 0. The molecule has 0 saturated carbocycles. The van der Waals surface area contributed by atoms with Gasteiger partial charge >= 0.3 is 0 Å². The quantitative estimate of drug-likeness (QED) is 0.736. The lowest BCUT2D eigenvalue weighted by atomic mass is 10.1. The Bertz CT molecular complexity index is 758. The van der Waals surface area contributed by atoms with Crippen LogP contribution >= 0.6 is 0 Å². The third kappa shape index (κ3) is 1.67. The maximum Gasteiger partial charge on any atom is 0.0972 e. The highest BCUT2D eigenvalue weighted by atomic mass is 15.5. The van der Waals surface area contributed by atoms with Crippen molar-refractivity contribution < 1.29 is 0 Å². The van der Waals surface area contributed by atoms with E-state index in [-0.39, 0.29) is 6.04 Å². The van der Waals surface area contributed by atoms with Gasteiger partial charge in [0.2, 0.25) is 0 Å². The number of H-pyrrole nitrogens is 1. The second-order valence-corrected chi connectivity index (χ2v) is 4.93. The number of benzene rings is 2. The van der Waals surface area contributed by atoms with Crippen molar-refractivity contribution >= 4 is 16.6 Å². The number of rotatable bonds is 2. The molecule has 1 aliphatic heterocycles. The summed E-state index contributed by atoms with van der Waals surface area (Å²) in [6, 6.07) is 19.0. The molecule has 2 heterocycles. The average molecular weight is 261 g/mol. The van der Waals surface area contributed by atoms with Crippen LogP contribution in [-0.2, 0) is 0 Å². The molecular weight excluding hydrogens is 246 g/mol. The van der Waals surface area contributed by atoms with E-state index in [4.69, 9.17) is 0 Å². The zero-order chi connectivity index (χ0) is 13.4. The number of nitrogens with one attached hydrogen (secondary N) is 2. The van der Waals surface area contributed by atoms with E-state index in [2.05, 4.69) is 76.2 Å². The zero-order valence-electron chi connectivity index (χ0n) is 11.0. The molecule has 0 saturated heterocycles. The molecule has 3 aromatic rings. The van der Waals surface area contributed by atoms with Gasteiger partial charge in [-0.3, -0.25) is 5.01 Å². The molecule has 98 valence electrons. The molecule has 2 N–H and O–H groups in total. The van der Waals surface area contributed by atoms with Crippen LogP contribution in [-0.4, -0.2) is 4.98 Å². The molecular formula is C17H15N3. The number of para-hydroxylation sites is 2. The largest absolute Gasteiger partial charge is 0.361 e. The van der Waals surface area contributed by atoms with Crippen molar-refractivity contribution in [2.45, 2.75) is 6.04 Å². The first-order valence-corrected chi connectivity index (χ1v) is 6.76. The monoisotopic (exact) mass is 261 g/mol. The fraction of sp³-hybridized carbons (Fsp3) is 0.0588. The maximum atomic E-state index is 3.35. The van der Waals surface area contributed by atoms with Gasteiger partial charge in [-0.05, 0) is 24.3 Å². The van der Waals surface area contributed by atoms with Crippen LogP contribution < -0.4 is 10.4 Å². The van der Waals surface area contributed by atoms with Gasteiger partial charge in [0.25, 0.3) is 0 Å². The van der Waals surface area contributed by atoms with Crippen LogP contribution in [0.1, 0.15) is 11.6 Å². The normalized spacial score (nSPS) is 17.6. The van der Waals surface area contributed by atoms with E-state index in [1.165, 1.54) is 16.5 Å². The Balaban J connectivity index is 1.79. The lowest BCUT2D eigenvalue weighted by molar-refractivity contribution is 0.722. The Morgan fingerprint density at radius 2 is 1.70 bits per heavy atom. The van der Waals surface area contributed by atoms with E-state index >= 15 is 0 Å². The second-order valence-electron chi connectivity index (χ2n) is 4.93. The summed E-state index contributed by atoms with van der Waals surface area (Å²) in [6.07, 6.45) is 6.28. The van der Waals surface area contributed by atoms with Crippen molar-refractivity contribution in [3.63, 3.8) is 0 Å². The molecule has 2 aromatic carbocycles. The molecule has 1 aromatic heterocycles. The van der Waals surface area contributed by atoms with Gasteiger partial charge in [-0.15, -0.1) is 0 Å². The predicted molar refractivity (Wildman–Crippen MR) is 82.2 cm³/mol. The van der Waals surface area contributed by atoms with Crippen LogP contribution in [0, 0.1) is 0 Å². The summed E-state index contributed by atoms with van der Waals surface area (Å²) in [5.41, 5.74) is 6.93. The van der Waals surface area contributed by atoms with Crippen molar-refractivity contribution in [1.29, 1.82) is 0 Å². The van der Waals surface area contributed by atoms with E-state index in [9.17, 15) is 0 Å². The molecule has 1 aliphatic rings. The number of fused-ring (bicyclic) bond motifs is 1. The lowest BCUT2D eigenvalue weighted by Crippen LogP contribution is -2.32. The van der Waals surface area contributed by atoms with Crippen molar-refractivity contribution in [2.75, 3.05) is 5.01 Å². The van der Waals surface area contributed by atoms with E-state index in [1.54, 1.807) is 0 Å². The first-order valence-electron chi connectivity index (χ1n) is 6.76. The fourth-order valence-electron chi connectivity index (χ4n) is 2.79. The number of hydrogen-bond acceptors (Lipinski definition) is 2. The summed E-state index contributed by atoms with van der Waals surface area (Å²) in [6.45, 7) is 0. The standard InChI is InChI=1S/C17H15N3/c1-2-6-13(7-3-1)20-17(10-11-19-20)15-12-18-16-9-5-4-8-14(15)16/h1-12,17-19H. The van der Waals surface area contributed by atoms with Crippen molar-refractivity contribution in [3.8, 4) is 0 Å². The average Bonchev–Trinajstić information content (AvgIpc) is 3.14. The van der Waals surface area contributed by atoms with Gasteiger partial charge in [0, 0.05) is 28.9 Å². The van der Waals surface area contributed by atoms with E-state index in [0.29, 0.717) is 0 Å². The van der Waals surface area contributed by atoms with Crippen LogP contribution in [0.25, 0.3) is 10.9 Å². The SMILES string of the molecule is C1=CC(c2c[nH]c3ccccc23)N(c2ccccc2)N1. The number of aromatic nitrogens is 1. The molecule has 0 spiro atoms. The van der Waals surface area contributed by atoms with Crippen LogP contribution in [0.15, 0.2) is 73.1 Å². The molecule has 1 atom stereocenters. The van der Waals surface area contributed by atoms with Gasteiger partial charge in [0.15, 0.2) is 0 Å². The molecule has 1 unspecified atom stereocenters. The summed E-state index contributed by atoms with van der Waals surface area (Å²) in [7, 11) is 0. The van der Waals surface area contributed by atoms with E-state index < -0.39 is 0 Å². The summed E-state index contributed by atoms with van der Waals surface area (Å²) in [4.78, 5) is 3.35. The Hall–Kier alpha value is -2.68. The topological polar surface area (TPSA) is 31.1 Å². The van der Waals surface area contributed by atoms with Crippen LogP contribution in [0.5, 0.6) is 0 Å². The molecule has 0 bridgehead atoms. The molecule has 0 amide bonds. The highest BCUT2D eigenvalue weighted by Gasteiger charge is 2.24. The smallest absolute Gasteiger partial charge is 0.0972 e. The van der Waals surface area contributed by atoms with Crippen LogP contribution in [0.3, 0.4) is 0 Å². The number of anilines is 1. The molecule has 0 fully saturated rings. The molecule has 4 rings (SSSR count). The Morgan fingerprint density at radius 3 is 2.60 bits per heavy atom. The predicted octanol–water partition coefficient (Wildman–Crippen LogP) is 3.75. The third-order valence-corrected chi connectivity index (χ3v) is 3.74. The van der Waals surface area contributed by atoms with E-state index in [0.717, 1.165) is 5.69 Å². The van der Waals surface area contributed by atoms with Crippen molar-refractivity contribution in [2.24, 2.45) is 0 Å².